The minimum atomic E-state index is 0.181. The van der Waals surface area contributed by atoms with Gasteiger partial charge in [-0.05, 0) is 13.3 Å². The molecule has 19 heavy (non-hydrogen) atoms. The van der Waals surface area contributed by atoms with Crippen molar-refractivity contribution in [3.05, 3.63) is 17.0 Å². The van der Waals surface area contributed by atoms with Gasteiger partial charge >= 0.3 is 0 Å². The SMILES string of the molecule is CCc1noc(CC)c1CC(=O)N1CCN[C@@H](C)C1. The summed E-state index contributed by atoms with van der Waals surface area (Å²) in [6, 6.07) is 0.372. The summed E-state index contributed by atoms with van der Waals surface area (Å²) in [4.78, 5) is 14.3. The highest BCUT2D eigenvalue weighted by molar-refractivity contribution is 5.79. The fourth-order valence-electron chi connectivity index (χ4n) is 2.56. The van der Waals surface area contributed by atoms with E-state index < -0.39 is 0 Å². The molecule has 1 fully saturated rings. The largest absolute Gasteiger partial charge is 0.361 e. The van der Waals surface area contributed by atoms with Crippen LogP contribution in [0.2, 0.25) is 0 Å². The summed E-state index contributed by atoms with van der Waals surface area (Å²) >= 11 is 0. The molecule has 2 rings (SSSR count). The minimum Gasteiger partial charge on any atom is -0.361 e. The number of piperazine rings is 1. The molecule has 1 aliphatic rings. The highest BCUT2D eigenvalue weighted by atomic mass is 16.5. The lowest BCUT2D eigenvalue weighted by atomic mass is 10.1. The van der Waals surface area contributed by atoms with E-state index in [1.807, 2.05) is 18.7 Å². The van der Waals surface area contributed by atoms with E-state index >= 15 is 0 Å². The lowest BCUT2D eigenvalue weighted by Crippen LogP contribution is -2.51. The Hall–Kier alpha value is -1.36. The van der Waals surface area contributed by atoms with Crippen molar-refractivity contribution in [1.29, 1.82) is 0 Å². The van der Waals surface area contributed by atoms with Gasteiger partial charge in [-0.3, -0.25) is 4.79 Å². The van der Waals surface area contributed by atoms with Gasteiger partial charge in [0.25, 0.3) is 0 Å². The zero-order valence-electron chi connectivity index (χ0n) is 12.0. The van der Waals surface area contributed by atoms with Crippen molar-refractivity contribution in [2.45, 2.75) is 46.1 Å². The lowest BCUT2D eigenvalue weighted by molar-refractivity contribution is -0.131. The Bertz CT molecular complexity index is 420. The van der Waals surface area contributed by atoms with Crippen LogP contribution >= 0.6 is 0 Å². The van der Waals surface area contributed by atoms with Crippen LogP contribution < -0.4 is 5.32 Å². The van der Waals surface area contributed by atoms with Gasteiger partial charge in [0.1, 0.15) is 5.76 Å². The molecular formula is C14H23N3O2. The van der Waals surface area contributed by atoms with E-state index in [0.717, 1.165) is 49.5 Å². The first-order chi connectivity index (χ1) is 9.15. The van der Waals surface area contributed by atoms with Crippen LogP contribution in [0.3, 0.4) is 0 Å². The summed E-state index contributed by atoms with van der Waals surface area (Å²) in [5.41, 5.74) is 1.93. The third-order valence-corrected chi connectivity index (χ3v) is 3.66. The number of carbonyl (C=O) groups is 1. The summed E-state index contributed by atoms with van der Waals surface area (Å²) < 4.78 is 5.31. The Kier molecular flexibility index (Phi) is 4.58. The average molecular weight is 265 g/mol. The van der Waals surface area contributed by atoms with E-state index in [2.05, 4.69) is 17.4 Å². The van der Waals surface area contributed by atoms with Crippen molar-refractivity contribution < 1.29 is 9.32 Å². The molecule has 1 N–H and O–H groups in total. The summed E-state index contributed by atoms with van der Waals surface area (Å²) in [5.74, 6) is 1.04. The van der Waals surface area contributed by atoms with Gasteiger partial charge in [-0.15, -0.1) is 0 Å². The molecule has 0 radical (unpaired) electrons. The summed E-state index contributed by atoms with van der Waals surface area (Å²) in [7, 11) is 0. The molecular weight excluding hydrogens is 242 g/mol. The van der Waals surface area contributed by atoms with Gasteiger partial charge in [-0.25, -0.2) is 0 Å². The highest BCUT2D eigenvalue weighted by Gasteiger charge is 2.23. The molecule has 5 nitrogen and oxygen atoms in total. The predicted molar refractivity (Wildman–Crippen MR) is 73.0 cm³/mol. The van der Waals surface area contributed by atoms with Crippen molar-refractivity contribution in [2.75, 3.05) is 19.6 Å². The zero-order valence-corrected chi connectivity index (χ0v) is 12.0. The molecule has 0 aliphatic carbocycles. The number of carbonyl (C=O) groups excluding carboxylic acids is 1. The summed E-state index contributed by atoms with van der Waals surface area (Å²) in [5, 5.41) is 7.41. The van der Waals surface area contributed by atoms with Crippen LogP contribution in [0.15, 0.2) is 4.52 Å². The number of rotatable bonds is 4. The van der Waals surface area contributed by atoms with Gasteiger partial charge in [0.2, 0.25) is 5.91 Å². The molecule has 1 saturated heterocycles. The van der Waals surface area contributed by atoms with E-state index in [1.165, 1.54) is 0 Å². The first-order valence-corrected chi connectivity index (χ1v) is 7.13. The van der Waals surface area contributed by atoms with E-state index in [4.69, 9.17) is 4.52 Å². The Balaban J connectivity index is 2.07. The maximum absolute atomic E-state index is 12.4. The molecule has 0 bridgehead atoms. The van der Waals surface area contributed by atoms with Crippen LogP contribution in [0.5, 0.6) is 0 Å². The van der Waals surface area contributed by atoms with E-state index in [-0.39, 0.29) is 5.91 Å². The zero-order chi connectivity index (χ0) is 13.8. The number of hydrogen-bond donors (Lipinski definition) is 1. The van der Waals surface area contributed by atoms with Crippen molar-refractivity contribution in [3.8, 4) is 0 Å². The molecule has 2 heterocycles. The quantitative estimate of drug-likeness (QED) is 0.887. The van der Waals surface area contributed by atoms with Gasteiger partial charge in [0.15, 0.2) is 0 Å². The van der Waals surface area contributed by atoms with Crippen LogP contribution in [0.4, 0.5) is 0 Å². The summed E-state index contributed by atoms with van der Waals surface area (Å²) in [6.07, 6.45) is 2.01. The number of hydrogen-bond acceptors (Lipinski definition) is 4. The normalized spacial score (nSPS) is 19.7. The van der Waals surface area contributed by atoms with Crippen LogP contribution in [0.25, 0.3) is 0 Å². The molecule has 0 aromatic carbocycles. The molecule has 0 spiro atoms. The smallest absolute Gasteiger partial charge is 0.227 e. The van der Waals surface area contributed by atoms with Crippen molar-refractivity contribution in [3.63, 3.8) is 0 Å². The van der Waals surface area contributed by atoms with Gasteiger partial charge in [-0.2, -0.15) is 0 Å². The lowest BCUT2D eigenvalue weighted by Gasteiger charge is -2.32. The monoisotopic (exact) mass is 265 g/mol. The maximum Gasteiger partial charge on any atom is 0.227 e. The standard InChI is InChI=1S/C14H23N3O2/c1-4-12-11(13(5-2)19-16-12)8-14(18)17-7-6-15-10(3)9-17/h10,15H,4-9H2,1-3H3/t10-/m0/s1. The van der Waals surface area contributed by atoms with Crippen LogP contribution in [-0.2, 0) is 24.1 Å². The molecule has 1 atom stereocenters. The number of amides is 1. The molecule has 5 heteroatoms. The number of aromatic nitrogens is 1. The molecule has 1 aliphatic heterocycles. The minimum absolute atomic E-state index is 0.181. The highest BCUT2D eigenvalue weighted by Crippen LogP contribution is 2.17. The Labute approximate surface area is 114 Å². The average Bonchev–Trinajstić information content (AvgIpc) is 2.80. The topological polar surface area (TPSA) is 58.4 Å². The van der Waals surface area contributed by atoms with E-state index in [1.54, 1.807) is 0 Å². The third-order valence-electron chi connectivity index (χ3n) is 3.66. The Morgan fingerprint density at radius 3 is 2.89 bits per heavy atom. The Morgan fingerprint density at radius 2 is 2.26 bits per heavy atom. The Morgan fingerprint density at radius 1 is 1.47 bits per heavy atom. The molecule has 0 saturated carbocycles. The molecule has 106 valence electrons. The fraction of sp³-hybridized carbons (Fsp3) is 0.714. The maximum atomic E-state index is 12.4. The molecule has 0 unspecified atom stereocenters. The first-order valence-electron chi connectivity index (χ1n) is 7.13. The third kappa shape index (κ3) is 3.15. The van der Waals surface area contributed by atoms with Gasteiger partial charge in [-0.1, -0.05) is 19.0 Å². The van der Waals surface area contributed by atoms with E-state index in [0.29, 0.717) is 12.5 Å². The number of nitrogens with zero attached hydrogens (tertiary/aromatic N) is 2. The van der Waals surface area contributed by atoms with Crippen LogP contribution in [0.1, 0.15) is 37.8 Å². The van der Waals surface area contributed by atoms with Crippen LogP contribution in [-0.4, -0.2) is 41.6 Å². The molecule has 1 aromatic heterocycles. The fourth-order valence-corrected chi connectivity index (χ4v) is 2.56. The van der Waals surface area contributed by atoms with Gasteiger partial charge < -0.3 is 14.7 Å². The van der Waals surface area contributed by atoms with Crippen molar-refractivity contribution in [1.82, 2.24) is 15.4 Å². The van der Waals surface area contributed by atoms with Crippen molar-refractivity contribution >= 4 is 5.91 Å². The second-order valence-corrected chi connectivity index (χ2v) is 5.11. The van der Waals surface area contributed by atoms with Gasteiger partial charge in [0, 0.05) is 37.7 Å². The summed E-state index contributed by atoms with van der Waals surface area (Å²) in [6.45, 7) is 8.62. The second-order valence-electron chi connectivity index (χ2n) is 5.11. The first kappa shape index (κ1) is 14.1. The number of aryl methyl sites for hydroxylation is 2. The van der Waals surface area contributed by atoms with E-state index in [9.17, 15) is 4.79 Å². The van der Waals surface area contributed by atoms with Crippen molar-refractivity contribution in [2.24, 2.45) is 0 Å². The van der Waals surface area contributed by atoms with Gasteiger partial charge in [0.05, 0.1) is 12.1 Å². The predicted octanol–water partition coefficient (Wildman–Crippen LogP) is 1.16. The molecule has 1 aromatic rings. The number of nitrogens with one attached hydrogen (secondary N) is 1. The molecule has 1 amide bonds. The van der Waals surface area contributed by atoms with Crippen LogP contribution in [0, 0.1) is 0 Å². The second kappa shape index (κ2) is 6.19.